The molecule has 0 N–H and O–H groups in total. The molecular weight excluding hydrogens is 474 g/mol. The quantitative estimate of drug-likeness (QED) is 0.412. The molecule has 0 heterocycles. The molecule has 3 aromatic carbocycles. The fourth-order valence-corrected chi connectivity index (χ4v) is 5.08. The number of hydrogen-bond acceptors (Lipinski definition) is 5. The minimum Gasteiger partial charge on any atom is -0.495 e. The Labute approximate surface area is 206 Å². The Morgan fingerprint density at radius 3 is 2.21 bits per heavy atom. The van der Waals surface area contributed by atoms with Crippen LogP contribution in [0.5, 0.6) is 11.5 Å². The molecule has 0 unspecified atom stereocenters. The molecule has 0 saturated heterocycles. The monoisotopic (exact) mass is 501 g/mol. The zero-order valence-corrected chi connectivity index (χ0v) is 21.4. The van der Waals surface area contributed by atoms with Crippen molar-refractivity contribution in [2.24, 2.45) is 0 Å². The first kappa shape index (κ1) is 25.6. The smallest absolute Gasteiger partial charge is 0.278 e. The van der Waals surface area contributed by atoms with Gasteiger partial charge in [0.2, 0.25) is 0 Å². The first-order valence-electron chi connectivity index (χ1n) is 10.7. The minimum atomic E-state index is -4.25. The minimum absolute atomic E-state index is 0.0199. The number of methoxy groups -OCH3 is 1. The van der Waals surface area contributed by atoms with E-state index in [1.165, 1.54) is 37.4 Å². The summed E-state index contributed by atoms with van der Waals surface area (Å²) in [6.45, 7) is 7.46. The first-order valence-corrected chi connectivity index (χ1v) is 12.5. The van der Waals surface area contributed by atoms with Gasteiger partial charge in [-0.2, -0.15) is 4.31 Å². The number of para-hydroxylation sites is 1. The van der Waals surface area contributed by atoms with Crippen molar-refractivity contribution in [3.05, 3.63) is 82.9 Å². The van der Waals surface area contributed by atoms with Gasteiger partial charge in [0.25, 0.3) is 15.9 Å². The van der Waals surface area contributed by atoms with Gasteiger partial charge in [-0.05, 0) is 54.3 Å². The number of anilines is 1. The van der Waals surface area contributed by atoms with Crippen molar-refractivity contribution < 1.29 is 22.7 Å². The Morgan fingerprint density at radius 1 is 0.971 bits per heavy atom. The summed E-state index contributed by atoms with van der Waals surface area (Å²) in [5.74, 6) is 0.121. The van der Waals surface area contributed by atoms with E-state index in [9.17, 15) is 13.2 Å². The van der Waals surface area contributed by atoms with Crippen LogP contribution >= 0.6 is 11.6 Å². The lowest BCUT2D eigenvalue weighted by molar-refractivity contribution is -0.119. The van der Waals surface area contributed by atoms with Crippen LogP contribution in [0, 0.1) is 6.92 Å². The highest BCUT2D eigenvalue weighted by Gasteiger charge is 2.32. The van der Waals surface area contributed by atoms with Gasteiger partial charge >= 0.3 is 0 Å². The van der Waals surface area contributed by atoms with Crippen LogP contribution in [0.2, 0.25) is 5.02 Å². The van der Waals surface area contributed by atoms with Crippen molar-refractivity contribution in [1.29, 1.82) is 0 Å². The molecule has 0 aliphatic heterocycles. The summed E-state index contributed by atoms with van der Waals surface area (Å²) in [4.78, 5) is 13.4. The Morgan fingerprint density at radius 2 is 1.62 bits per heavy atom. The summed E-state index contributed by atoms with van der Waals surface area (Å²) < 4.78 is 38.9. The second kappa shape index (κ2) is 10.1. The predicted molar refractivity (Wildman–Crippen MR) is 134 cm³/mol. The molecule has 0 aromatic heterocycles. The number of ether oxygens (including phenoxy) is 2. The maximum atomic E-state index is 13.6. The average molecular weight is 502 g/mol. The van der Waals surface area contributed by atoms with E-state index in [1.807, 2.05) is 39.8 Å². The van der Waals surface area contributed by atoms with E-state index >= 15 is 0 Å². The highest BCUT2D eigenvalue weighted by atomic mass is 35.5. The van der Waals surface area contributed by atoms with Gasteiger partial charge in [0, 0.05) is 0 Å². The maximum absolute atomic E-state index is 13.6. The topological polar surface area (TPSA) is 72.9 Å². The number of amides is 1. The molecular formula is C26H28ClNO5S. The molecule has 0 bridgehead atoms. The summed E-state index contributed by atoms with van der Waals surface area (Å²) >= 11 is 6.25. The number of aryl methyl sites for hydroxylation is 1. The van der Waals surface area contributed by atoms with Crippen molar-refractivity contribution in [2.45, 2.75) is 38.0 Å². The molecule has 1 amide bonds. The van der Waals surface area contributed by atoms with E-state index in [1.54, 1.807) is 24.3 Å². The van der Waals surface area contributed by atoms with E-state index in [0.717, 1.165) is 15.4 Å². The fourth-order valence-electron chi connectivity index (χ4n) is 3.42. The zero-order chi connectivity index (χ0) is 25.1. The number of rotatable bonds is 7. The molecule has 8 heteroatoms. The van der Waals surface area contributed by atoms with Gasteiger partial charge in [-0.1, -0.05) is 68.3 Å². The molecule has 0 aliphatic rings. The van der Waals surface area contributed by atoms with Gasteiger partial charge in [-0.3, -0.25) is 4.79 Å². The van der Waals surface area contributed by atoms with Crippen molar-refractivity contribution >= 4 is 33.2 Å². The van der Waals surface area contributed by atoms with Crippen molar-refractivity contribution in [2.75, 3.05) is 18.0 Å². The standard InChI is InChI=1S/C26H28ClNO5S/c1-18-10-13-20(14-11-18)34(30,31)28(19-12-15-24(32-5)22(27)16-19)25(29)17-33-23-9-7-6-8-21(23)26(2,3)4/h6-16H,17H2,1-5H3. The second-order valence-electron chi connectivity index (χ2n) is 8.83. The van der Waals surface area contributed by atoms with E-state index < -0.39 is 22.5 Å². The number of nitrogens with zero attached hydrogens (tertiary/aromatic N) is 1. The van der Waals surface area contributed by atoms with E-state index in [-0.39, 0.29) is 21.0 Å². The lowest BCUT2D eigenvalue weighted by Crippen LogP contribution is -2.40. The number of benzene rings is 3. The zero-order valence-electron chi connectivity index (χ0n) is 19.8. The van der Waals surface area contributed by atoms with Crippen molar-refractivity contribution in [3.63, 3.8) is 0 Å². The third kappa shape index (κ3) is 5.54. The highest BCUT2D eigenvalue weighted by Crippen LogP contribution is 2.33. The molecule has 0 aliphatic carbocycles. The molecule has 0 saturated carbocycles. The van der Waals surface area contributed by atoms with Gasteiger partial charge in [0.05, 0.1) is 22.7 Å². The van der Waals surface area contributed by atoms with Gasteiger partial charge in [0.1, 0.15) is 11.5 Å². The van der Waals surface area contributed by atoms with Crippen LogP contribution in [0.1, 0.15) is 31.9 Å². The summed E-state index contributed by atoms with van der Waals surface area (Å²) in [5, 5.41) is 0.177. The normalized spacial score (nSPS) is 11.7. The summed E-state index contributed by atoms with van der Waals surface area (Å²) in [6, 6.07) is 18.0. The van der Waals surface area contributed by atoms with Crippen LogP contribution in [0.4, 0.5) is 5.69 Å². The van der Waals surface area contributed by atoms with Crippen LogP contribution in [0.3, 0.4) is 0 Å². The van der Waals surface area contributed by atoms with E-state index in [4.69, 9.17) is 21.1 Å². The fraction of sp³-hybridized carbons (Fsp3) is 0.269. The third-order valence-electron chi connectivity index (χ3n) is 5.20. The lowest BCUT2D eigenvalue weighted by atomic mass is 9.86. The number of carbonyl (C=O) groups excluding carboxylic acids is 1. The Bertz CT molecular complexity index is 1280. The lowest BCUT2D eigenvalue weighted by Gasteiger charge is -2.25. The maximum Gasteiger partial charge on any atom is 0.278 e. The molecule has 6 nitrogen and oxygen atoms in total. The largest absolute Gasteiger partial charge is 0.495 e. The van der Waals surface area contributed by atoms with Crippen molar-refractivity contribution in [3.8, 4) is 11.5 Å². The molecule has 0 atom stereocenters. The molecule has 0 spiro atoms. The molecule has 0 fully saturated rings. The Balaban J connectivity index is 2.01. The van der Waals surface area contributed by atoms with E-state index in [2.05, 4.69) is 0 Å². The molecule has 3 aromatic rings. The first-order chi connectivity index (χ1) is 15.9. The molecule has 3 rings (SSSR count). The average Bonchev–Trinajstić information content (AvgIpc) is 2.77. The second-order valence-corrected chi connectivity index (χ2v) is 11.0. The van der Waals surface area contributed by atoms with Crippen LogP contribution in [0.25, 0.3) is 0 Å². The SMILES string of the molecule is COc1ccc(N(C(=O)COc2ccccc2C(C)(C)C)S(=O)(=O)c2ccc(C)cc2)cc1Cl. The number of carbonyl (C=O) groups is 1. The van der Waals surface area contributed by atoms with Crippen molar-refractivity contribution in [1.82, 2.24) is 0 Å². The predicted octanol–water partition coefficient (Wildman–Crippen LogP) is 5.76. The summed E-state index contributed by atoms with van der Waals surface area (Å²) in [7, 11) is -2.79. The summed E-state index contributed by atoms with van der Waals surface area (Å²) in [5.41, 5.74) is 1.66. The van der Waals surface area contributed by atoms with Gasteiger partial charge in [-0.15, -0.1) is 0 Å². The number of halogens is 1. The molecule has 0 radical (unpaired) electrons. The Kier molecular flexibility index (Phi) is 7.58. The van der Waals surface area contributed by atoms with Gasteiger partial charge in [-0.25, -0.2) is 8.42 Å². The van der Waals surface area contributed by atoms with Crippen LogP contribution in [-0.4, -0.2) is 28.0 Å². The Hall–Kier alpha value is -3.03. The van der Waals surface area contributed by atoms with Crippen LogP contribution in [0.15, 0.2) is 71.6 Å². The van der Waals surface area contributed by atoms with E-state index in [0.29, 0.717) is 11.5 Å². The third-order valence-corrected chi connectivity index (χ3v) is 7.26. The van der Waals surface area contributed by atoms with Gasteiger partial charge in [0.15, 0.2) is 6.61 Å². The summed E-state index contributed by atoms with van der Waals surface area (Å²) in [6.07, 6.45) is 0. The molecule has 34 heavy (non-hydrogen) atoms. The number of hydrogen-bond donors (Lipinski definition) is 0. The van der Waals surface area contributed by atoms with Crippen LogP contribution in [-0.2, 0) is 20.2 Å². The number of sulfonamides is 1. The molecule has 180 valence electrons. The van der Waals surface area contributed by atoms with Gasteiger partial charge < -0.3 is 9.47 Å². The highest BCUT2D eigenvalue weighted by molar-refractivity contribution is 7.93. The van der Waals surface area contributed by atoms with Crippen LogP contribution < -0.4 is 13.8 Å².